The van der Waals surface area contributed by atoms with E-state index in [1.165, 1.54) is 7.11 Å². The summed E-state index contributed by atoms with van der Waals surface area (Å²) in [5, 5.41) is 0. The van der Waals surface area contributed by atoms with Gasteiger partial charge in [-0.25, -0.2) is 4.79 Å². The van der Waals surface area contributed by atoms with Gasteiger partial charge in [-0.2, -0.15) is 0 Å². The van der Waals surface area contributed by atoms with Crippen molar-refractivity contribution in [1.82, 2.24) is 4.57 Å². The van der Waals surface area contributed by atoms with Crippen LogP contribution in [0.25, 0.3) is 11.3 Å². The summed E-state index contributed by atoms with van der Waals surface area (Å²) < 4.78 is 18.7. The second-order valence-electron chi connectivity index (χ2n) is 8.10. The van der Waals surface area contributed by atoms with Crippen LogP contribution in [0.4, 0.5) is 0 Å². The van der Waals surface area contributed by atoms with Crippen LogP contribution < -0.4 is 15.2 Å². The Labute approximate surface area is 203 Å². The maximum atomic E-state index is 13.2. The van der Waals surface area contributed by atoms with Crippen molar-refractivity contribution in [2.24, 2.45) is 0 Å². The number of nitrogens with zero attached hydrogens (tertiary/aromatic N) is 1. The van der Waals surface area contributed by atoms with E-state index < -0.39 is 5.76 Å². The third-order valence-electron chi connectivity index (χ3n) is 5.86. The number of oxazole rings is 1. The molecule has 5 rings (SSSR count). The Hall–Kier alpha value is -4.51. The van der Waals surface area contributed by atoms with E-state index in [-0.39, 0.29) is 12.0 Å². The first kappa shape index (κ1) is 22.3. The van der Waals surface area contributed by atoms with E-state index in [0.717, 1.165) is 28.0 Å². The first-order chi connectivity index (χ1) is 17.2. The second-order valence-corrected chi connectivity index (χ2v) is 8.10. The van der Waals surface area contributed by atoms with Crippen LogP contribution >= 0.6 is 0 Å². The fourth-order valence-corrected chi connectivity index (χ4v) is 4.21. The van der Waals surface area contributed by atoms with E-state index in [4.69, 9.17) is 13.9 Å². The smallest absolute Gasteiger partial charge is 0.423 e. The highest BCUT2D eigenvalue weighted by molar-refractivity contribution is 5.66. The van der Waals surface area contributed by atoms with E-state index in [9.17, 15) is 4.79 Å². The van der Waals surface area contributed by atoms with Crippen molar-refractivity contribution < 1.29 is 13.9 Å². The molecule has 0 unspecified atom stereocenters. The normalized spacial score (nSPS) is 10.9. The molecule has 0 spiro atoms. The van der Waals surface area contributed by atoms with Gasteiger partial charge in [-0.1, -0.05) is 91.0 Å². The first-order valence-electron chi connectivity index (χ1n) is 11.4. The number of methoxy groups -OCH3 is 1. The van der Waals surface area contributed by atoms with Gasteiger partial charge in [0.2, 0.25) is 0 Å². The molecule has 5 nitrogen and oxygen atoms in total. The molecule has 0 saturated heterocycles. The van der Waals surface area contributed by atoms with Gasteiger partial charge in [-0.05, 0) is 41.0 Å². The Morgan fingerprint density at radius 2 is 1.29 bits per heavy atom. The molecule has 0 aliphatic heterocycles. The molecule has 5 aromatic rings. The molecule has 1 aromatic heterocycles. The minimum atomic E-state index is -0.487. The lowest BCUT2D eigenvalue weighted by Gasteiger charge is -2.21. The largest absolute Gasteiger partial charge is 0.489 e. The molecule has 0 radical (unpaired) electrons. The van der Waals surface area contributed by atoms with Crippen LogP contribution in [0.3, 0.4) is 0 Å². The van der Waals surface area contributed by atoms with Crippen LogP contribution in [0.2, 0.25) is 0 Å². The summed E-state index contributed by atoms with van der Waals surface area (Å²) in [4.78, 5) is 13.2. The van der Waals surface area contributed by atoms with Gasteiger partial charge in [0.25, 0.3) is 0 Å². The van der Waals surface area contributed by atoms with Crippen molar-refractivity contribution in [3.8, 4) is 23.0 Å². The number of hydrogen-bond acceptors (Lipinski definition) is 4. The molecular weight excluding hydrogens is 438 g/mol. The molecule has 0 atom stereocenters. The zero-order valence-corrected chi connectivity index (χ0v) is 19.3. The topological polar surface area (TPSA) is 53.6 Å². The van der Waals surface area contributed by atoms with E-state index in [1.807, 2.05) is 115 Å². The van der Waals surface area contributed by atoms with Gasteiger partial charge >= 0.3 is 11.7 Å². The number of rotatable bonds is 8. The van der Waals surface area contributed by atoms with Crippen LogP contribution in [0.15, 0.2) is 124 Å². The predicted molar refractivity (Wildman–Crippen MR) is 136 cm³/mol. The molecule has 0 bridgehead atoms. The molecule has 0 aliphatic carbocycles. The third-order valence-corrected chi connectivity index (χ3v) is 5.86. The van der Waals surface area contributed by atoms with Crippen molar-refractivity contribution in [2.45, 2.75) is 12.6 Å². The Morgan fingerprint density at radius 1 is 0.743 bits per heavy atom. The summed E-state index contributed by atoms with van der Waals surface area (Å²) in [6, 6.07) is 37.0. The van der Waals surface area contributed by atoms with Crippen LogP contribution in [0.1, 0.15) is 22.7 Å². The summed E-state index contributed by atoms with van der Waals surface area (Å²) in [6.45, 7) is 0.476. The van der Waals surface area contributed by atoms with Gasteiger partial charge in [0.1, 0.15) is 18.1 Å². The molecule has 0 N–H and O–H groups in total. The van der Waals surface area contributed by atoms with Gasteiger partial charge in [-0.3, -0.25) is 4.57 Å². The van der Waals surface area contributed by atoms with E-state index in [0.29, 0.717) is 12.3 Å². The van der Waals surface area contributed by atoms with E-state index >= 15 is 0 Å². The molecule has 0 aliphatic rings. The quantitative estimate of drug-likeness (QED) is 0.270. The summed E-state index contributed by atoms with van der Waals surface area (Å²) in [5.74, 6) is 0.417. The Morgan fingerprint density at radius 3 is 1.83 bits per heavy atom. The van der Waals surface area contributed by atoms with Crippen molar-refractivity contribution >= 4 is 0 Å². The van der Waals surface area contributed by atoms with Crippen LogP contribution in [0.5, 0.6) is 11.7 Å². The highest BCUT2D eigenvalue weighted by Crippen LogP contribution is 2.36. The third kappa shape index (κ3) is 4.75. The van der Waals surface area contributed by atoms with Gasteiger partial charge in [0.15, 0.2) is 0 Å². The van der Waals surface area contributed by atoms with Crippen molar-refractivity contribution in [3.05, 3.63) is 143 Å². The summed E-state index contributed by atoms with van der Waals surface area (Å²) in [7, 11) is 1.50. The fraction of sp³-hybridized carbons (Fsp3) is 0.100. The Balaban J connectivity index is 1.56. The molecule has 0 amide bonds. The molecule has 35 heavy (non-hydrogen) atoms. The fourth-order valence-electron chi connectivity index (χ4n) is 4.21. The van der Waals surface area contributed by atoms with Gasteiger partial charge in [0, 0.05) is 5.56 Å². The lowest BCUT2D eigenvalue weighted by Crippen LogP contribution is -2.23. The summed E-state index contributed by atoms with van der Waals surface area (Å²) >= 11 is 0. The minimum absolute atomic E-state index is 0.171. The Bertz CT molecular complexity index is 1380. The van der Waals surface area contributed by atoms with Crippen molar-refractivity contribution in [2.75, 3.05) is 7.11 Å². The molecular formula is C30H25NO4. The average molecular weight is 464 g/mol. The zero-order chi connectivity index (χ0) is 24.0. The number of benzene rings is 4. The van der Waals surface area contributed by atoms with Gasteiger partial charge in [-0.15, -0.1) is 0 Å². The monoisotopic (exact) mass is 463 g/mol. The predicted octanol–water partition coefficient (Wildman–Crippen LogP) is 6.33. The number of aromatic nitrogens is 1. The number of hydrogen-bond donors (Lipinski definition) is 0. The zero-order valence-electron chi connectivity index (χ0n) is 19.3. The Kier molecular flexibility index (Phi) is 6.48. The van der Waals surface area contributed by atoms with E-state index in [2.05, 4.69) is 0 Å². The maximum absolute atomic E-state index is 13.2. The van der Waals surface area contributed by atoms with Crippen molar-refractivity contribution in [1.29, 1.82) is 0 Å². The highest BCUT2D eigenvalue weighted by atomic mass is 16.6. The second kappa shape index (κ2) is 10.2. The van der Waals surface area contributed by atoms with Crippen LogP contribution in [-0.2, 0) is 6.61 Å². The summed E-state index contributed by atoms with van der Waals surface area (Å²) in [6.07, 6.45) is 0. The standard InChI is InChI=1S/C30H25NO4/c1-33-29-28(25-17-19-26(20-18-25)34-21-22-11-5-2-6-12-22)31(30(32)35-29)27(23-13-7-3-8-14-23)24-15-9-4-10-16-24/h2-20,27H,21H2,1H3. The highest BCUT2D eigenvalue weighted by Gasteiger charge is 2.27. The van der Waals surface area contributed by atoms with Crippen LogP contribution in [-0.4, -0.2) is 11.7 Å². The van der Waals surface area contributed by atoms with Crippen molar-refractivity contribution in [3.63, 3.8) is 0 Å². The van der Waals surface area contributed by atoms with Gasteiger partial charge < -0.3 is 13.9 Å². The molecule has 4 aromatic carbocycles. The minimum Gasteiger partial charge on any atom is -0.489 e. The maximum Gasteiger partial charge on any atom is 0.423 e. The molecule has 174 valence electrons. The SMILES string of the molecule is COc1oc(=O)n(C(c2ccccc2)c2ccccc2)c1-c1ccc(OCc2ccccc2)cc1. The summed E-state index contributed by atoms with van der Waals surface area (Å²) in [5.41, 5.74) is 4.39. The van der Waals surface area contributed by atoms with E-state index in [1.54, 1.807) is 4.57 Å². The molecule has 0 fully saturated rings. The number of ether oxygens (including phenoxy) is 2. The molecule has 0 saturated carbocycles. The lowest BCUT2D eigenvalue weighted by atomic mass is 9.97. The lowest BCUT2D eigenvalue weighted by molar-refractivity contribution is 0.294. The van der Waals surface area contributed by atoms with Crippen LogP contribution in [0, 0.1) is 0 Å². The molecule has 5 heteroatoms. The average Bonchev–Trinajstić information content (AvgIpc) is 3.25. The first-order valence-corrected chi connectivity index (χ1v) is 11.4. The van der Waals surface area contributed by atoms with Gasteiger partial charge in [0.05, 0.1) is 13.2 Å². The molecule has 1 heterocycles.